The van der Waals surface area contributed by atoms with E-state index in [1.54, 1.807) is 32.4 Å². The molecule has 100 valence electrons. The van der Waals surface area contributed by atoms with Gasteiger partial charge in [-0.1, -0.05) is 11.6 Å². The number of halogens is 1. The quantitative estimate of drug-likeness (QED) is 0.842. The van der Waals surface area contributed by atoms with Gasteiger partial charge in [0.25, 0.3) is 0 Å². The molecule has 19 heavy (non-hydrogen) atoms. The van der Waals surface area contributed by atoms with Crippen molar-refractivity contribution in [2.75, 3.05) is 25.3 Å². The van der Waals surface area contributed by atoms with Gasteiger partial charge in [0.05, 0.1) is 19.9 Å². The summed E-state index contributed by atoms with van der Waals surface area (Å²) in [6.45, 7) is 0. The molecular weight excluding hydrogens is 266 g/mol. The SMILES string of the molecule is COc1ccc(Nc2cc(N)cc(Cl)n2)c(OC)c1. The van der Waals surface area contributed by atoms with Crippen LogP contribution in [0.15, 0.2) is 30.3 Å². The molecule has 3 N–H and O–H groups in total. The largest absolute Gasteiger partial charge is 0.497 e. The monoisotopic (exact) mass is 279 g/mol. The van der Waals surface area contributed by atoms with Gasteiger partial charge in [0.15, 0.2) is 0 Å². The molecule has 1 aromatic heterocycles. The van der Waals surface area contributed by atoms with Crippen LogP contribution in [0, 0.1) is 0 Å². The number of benzene rings is 1. The fourth-order valence-corrected chi connectivity index (χ4v) is 1.84. The van der Waals surface area contributed by atoms with Crippen molar-refractivity contribution >= 4 is 28.8 Å². The Morgan fingerprint density at radius 2 is 1.95 bits per heavy atom. The van der Waals surface area contributed by atoms with Crippen molar-refractivity contribution in [3.63, 3.8) is 0 Å². The topological polar surface area (TPSA) is 69.4 Å². The normalized spacial score (nSPS) is 10.1. The fourth-order valence-electron chi connectivity index (χ4n) is 1.62. The summed E-state index contributed by atoms with van der Waals surface area (Å²) >= 11 is 5.86. The third-order valence-corrected chi connectivity index (χ3v) is 2.68. The highest BCUT2D eigenvalue weighted by Gasteiger charge is 2.07. The molecule has 2 rings (SSSR count). The third-order valence-electron chi connectivity index (χ3n) is 2.49. The van der Waals surface area contributed by atoms with Crippen LogP contribution < -0.4 is 20.5 Å². The molecule has 0 spiro atoms. The van der Waals surface area contributed by atoms with Gasteiger partial charge >= 0.3 is 0 Å². The second kappa shape index (κ2) is 5.67. The van der Waals surface area contributed by atoms with Crippen LogP contribution in [0.3, 0.4) is 0 Å². The van der Waals surface area contributed by atoms with Crippen LogP contribution in [-0.2, 0) is 0 Å². The third kappa shape index (κ3) is 3.20. The van der Waals surface area contributed by atoms with Gasteiger partial charge in [0.1, 0.15) is 22.5 Å². The Bertz CT molecular complexity index is 570. The first-order valence-corrected chi connectivity index (χ1v) is 5.92. The van der Waals surface area contributed by atoms with Gasteiger partial charge in [-0.3, -0.25) is 0 Å². The molecule has 0 fully saturated rings. The average molecular weight is 280 g/mol. The highest BCUT2D eigenvalue weighted by Crippen LogP contribution is 2.31. The molecule has 0 saturated heterocycles. The fraction of sp³-hybridized carbons (Fsp3) is 0.154. The number of hydrogen-bond donors (Lipinski definition) is 2. The number of ether oxygens (including phenoxy) is 2. The number of nitrogens with one attached hydrogen (secondary N) is 1. The number of anilines is 3. The van der Waals surface area contributed by atoms with E-state index in [0.717, 1.165) is 5.69 Å². The van der Waals surface area contributed by atoms with Gasteiger partial charge < -0.3 is 20.5 Å². The minimum Gasteiger partial charge on any atom is -0.497 e. The molecule has 1 aromatic carbocycles. The number of rotatable bonds is 4. The molecular formula is C13H14ClN3O2. The van der Waals surface area contributed by atoms with E-state index in [0.29, 0.717) is 28.2 Å². The summed E-state index contributed by atoms with van der Waals surface area (Å²) in [5.41, 5.74) is 7.00. The molecule has 0 unspecified atom stereocenters. The van der Waals surface area contributed by atoms with Crippen LogP contribution in [0.4, 0.5) is 17.2 Å². The Morgan fingerprint density at radius 1 is 1.16 bits per heavy atom. The summed E-state index contributed by atoms with van der Waals surface area (Å²) < 4.78 is 10.4. The van der Waals surface area contributed by atoms with Crippen molar-refractivity contribution in [3.8, 4) is 11.5 Å². The Morgan fingerprint density at radius 3 is 2.58 bits per heavy atom. The van der Waals surface area contributed by atoms with Crippen molar-refractivity contribution in [1.29, 1.82) is 0 Å². The molecule has 0 aliphatic rings. The average Bonchev–Trinajstić information content (AvgIpc) is 2.38. The van der Waals surface area contributed by atoms with Gasteiger partial charge in [-0.05, 0) is 18.2 Å². The number of hydrogen-bond acceptors (Lipinski definition) is 5. The van der Waals surface area contributed by atoms with E-state index in [1.807, 2.05) is 12.1 Å². The lowest BCUT2D eigenvalue weighted by atomic mass is 10.2. The van der Waals surface area contributed by atoms with Crippen molar-refractivity contribution in [1.82, 2.24) is 4.98 Å². The maximum atomic E-state index is 5.86. The molecule has 0 amide bonds. The van der Waals surface area contributed by atoms with E-state index >= 15 is 0 Å². The summed E-state index contributed by atoms with van der Waals surface area (Å²) in [5, 5.41) is 3.43. The van der Waals surface area contributed by atoms with Crippen LogP contribution in [0.25, 0.3) is 0 Å². The zero-order valence-electron chi connectivity index (χ0n) is 10.6. The maximum Gasteiger partial charge on any atom is 0.146 e. The maximum absolute atomic E-state index is 5.86. The first-order chi connectivity index (χ1) is 9.12. The molecule has 0 radical (unpaired) electrons. The molecule has 0 aliphatic carbocycles. The number of nitrogens with zero attached hydrogens (tertiary/aromatic N) is 1. The molecule has 6 heteroatoms. The minimum absolute atomic E-state index is 0.329. The van der Waals surface area contributed by atoms with Crippen molar-refractivity contribution in [2.24, 2.45) is 0 Å². The van der Waals surface area contributed by atoms with Crippen LogP contribution >= 0.6 is 11.6 Å². The van der Waals surface area contributed by atoms with Crippen LogP contribution in [-0.4, -0.2) is 19.2 Å². The van der Waals surface area contributed by atoms with Crippen LogP contribution in [0.5, 0.6) is 11.5 Å². The number of nitrogen functional groups attached to an aromatic ring is 1. The molecule has 0 atom stereocenters. The van der Waals surface area contributed by atoms with Crippen molar-refractivity contribution in [3.05, 3.63) is 35.5 Å². The van der Waals surface area contributed by atoms with Crippen molar-refractivity contribution in [2.45, 2.75) is 0 Å². The number of methoxy groups -OCH3 is 2. The molecule has 1 heterocycles. The van der Waals surface area contributed by atoms with E-state index in [9.17, 15) is 0 Å². The summed E-state index contributed by atoms with van der Waals surface area (Å²) in [7, 11) is 3.18. The van der Waals surface area contributed by atoms with Gasteiger partial charge in [-0.15, -0.1) is 0 Å². The second-order valence-corrected chi connectivity index (χ2v) is 4.19. The Labute approximate surface area is 116 Å². The highest BCUT2D eigenvalue weighted by molar-refractivity contribution is 6.29. The minimum atomic E-state index is 0.329. The number of nitrogens with two attached hydrogens (primary N) is 1. The van der Waals surface area contributed by atoms with Gasteiger partial charge in [-0.2, -0.15) is 0 Å². The number of aromatic nitrogens is 1. The smallest absolute Gasteiger partial charge is 0.146 e. The predicted octanol–water partition coefficient (Wildman–Crippen LogP) is 3.08. The van der Waals surface area contributed by atoms with E-state index < -0.39 is 0 Å². The van der Waals surface area contributed by atoms with E-state index in [1.165, 1.54) is 0 Å². The molecule has 0 saturated carbocycles. The Balaban J connectivity index is 2.32. The molecule has 0 aliphatic heterocycles. The van der Waals surface area contributed by atoms with E-state index in [-0.39, 0.29) is 0 Å². The second-order valence-electron chi connectivity index (χ2n) is 3.80. The lowest BCUT2D eigenvalue weighted by molar-refractivity contribution is 0.395. The van der Waals surface area contributed by atoms with Gasteiger partial charge in [0.2, 0.25) is 0 Å². The zero-order chi connectivity index (χ0) is 13.8. The molecule has 5 nitrogen and oxygen atoms in total. The van der Waals surface area contributed by atoms with Gasteiger partial charge in [-0.25, -0.2) is 4.98 Å². The molecule has 2 aromatic rings. The van der Waals surface area contributed by atoms with Gasteiger partial charge in [0, 0.05) is 17.8 Å². The zero-order valence-corrected chi connectivity index (χ0v) is 11.4. The lowest BCUT2D eigenvalue weighted by Gasteiger charge is -2.12. The first kappa shape index (κ1) is 13.3. The predicted molar refractivity (Wildman–Crippen MR) is 76.5 cm³/mol. The van der Waals surface area contributed by atoms with Crippen LogP contribution in [0.1, 0.15) is 0 Å². The first-order valence-electron chi connectivity index (χ1n) is 5.54. The highest BCUT2D eigenvalue weighted by atomic mass is 35.5. The Hall–Kier alpha value is -2.14. The standard InChI is InChI=1S/C13H14ClN3O2/c1-18-9-3-4-10(11(7-9)19-2)16-13-6-8(15)5-12(14)17-13/h3-7H,1-2H3,(H3,15,16,17). The van der Waals surface area contributed by atoms with E-state index in [2.05, 4.69) is 10.3 Å². The summed E-state index contributed by atoms with van der Waals surface area (Å²) in [6.07, 6.45) is 0. The molecule has 0 bridgehead atoms. The van der Waals surface area contributed by atoms with E-state index in [4.69, 9.17) is 26.8 Å². The summed E-state index contributed by atoms with van der Waals surface area (Å²) in [4.78, 5) is 4.13. The Kier molecular flexibility index (Phi) is 3.97. The lowest BCUT2D eigenvalue weighted by Crippen LogP contribution is -1.98. The number of pyridine rings is 1. The van der Waals surface area contributed by atoms with Crippen molar-refractivity contribution < 1.29 is 9.47 Å². The van der Waals surface area contributed by atoms with Crippen LogP contribution in [0.2, 0.25) is 5.15 Å². The summed E-state index contributed by atoms with van der Waals surface area (Å²) in [6, 6.07) is 8.69. The summed E-state index contributed by atoms with van der Waals surface area (Å²) in [5.74, 6) is 1.90.